The summed E-state index contributed by atoms with van der Waals surface area (Å²) in [5.41, 5.74) is 9.15. The zero-order valence-electron chi connectivity index (χ0n) is 10.6. The highest BCUT2D eigenvalue weighted by Crippen LogP contribution is 2.23. The molecule has 0 atom stereocenters. The first-order valence-corrected chi connectivity index (χ1v) is 6.56. The molecule has 0 fully saturated rings. The van der Waals surface area contributed by atoms with Gasteiger partial charge in [0.1, 0.15) is 0 Å². The molecule has 0 unspecified atom stereocenters. The van der Waals surface area contributed by atoms with Gasteiger partial charge in [-0.25, -0.2) is 0 Å². The molecule has 0 spiro atoms. The molecule has 96 valence electrons. The standard InChI is InChI=1S/C13H17BrN4/c1-17(8-11-7-16-18(2)9-11)13-4-10(6-15)3-12(14)5-13/h3-5,7,9H,6,8,15H2,1-2H3. The van der Waals surface area contributed by atoms with E-state index >= 15 is 0 Å². The summed E-state index contributed by atoms with van der Waals surface area (Å²) in [5.74, 6) is 0. The molecule has 2 N–H and O–H groups in total. The van der Waals surface area contributed by atoms with Gasteiger partial charge < -0.3 is 10.6 Å². The molecule has 0 radical (unpaired) electrons. The Bertz CT molecular complexity index is 536. The number of aryl methyl sites for hydroxylation is 1. The SMILES string of the molecule is CN(Cc1cnn(C)c1)c1cc(Br)cc(CN)c1. The molecule has 0 saturated heterocycles. The molecular weight excluding hydrogens is 292 g/mol. The zero-order chi connectivity index (χ0) is 13.1. The van der Waals surface area contributed by atoms with Crippen LogP contribution < -0.4 is 10.6 Å². The first kappa shape index (κ1) is 13.1. The van der Waals surface area contributed by atoms with Crippen LogP contribution in [0.5, 0.6) is 0 Å². The van der Waals surface area contributed by atoms with Crippen molar-refractivity contribution >= 4 is 21.6 Å². The molecule has 0 saturated carbocycles. The molecule has 18 heavy (non-hydrogen) atoms. The number of halogens is 1. The monoisotopic (exact) mass is 308 g/mol. The van der Waals surface area contributed by atoms with Gasteiger partial charge in [-0.3, -0.25) is 4.68 Å². The number of nitrogens with zero attached hydrogens (tertiary/aromatic N) is 3. The average Bonchev–Trinajstić information content (AvgIpc) is 2.73. The second-order valence-electron chi connectivity index (χ2n) is 4.40. The van der Waals surface area contributed by atoms with Crippen LogP contribution in [-0.2, 0) is 20.1 Å². The molecule has 4 nitrogen and oxygen atoms in total. The van der Waals surface area contributed by atoms with Crippen LogP contribution in [-0.4, -0.2) is 16.8 Å². The van der Waals surface area contributed by atoms with Gasteiger partial charge in [-0.05, 0) is 23.8 Å². The van der Waals surface area contributed by atoms with Gasteiger partial charge in [0, 0.05) is 49.1 Å². The molecule has 0 aliphatic heterocycles. The van der Waals surface area contributed by atoms with Crippen LogP contribution in [0.2, 0.25) is 0 Å². The maximum Gasteiger partial charge on any atom is 0.0539 e. The number of anilines is 1. The van der Waals surface area contributed by atoms with Crippen molar-refractivity contribution in [1.29, 1.82) is 0 Å². The Morgan fingerprint density at radius 3 is 2.72 bits per heavy atom. The van der Waals surface area contributed by atoms with Crippen LogP contribution >= 0.6 is 15.9 Å². The van der Waals surface area contributed by atoms with E-state index in [9.17, 15) is 0 Å². The number of hydrogen-bond donors (Lipinski definition) is 1. The molecule has 5 heteroatoms. The van der Waals surface area contributed by atoms with Gasteiger partial charge >= 0.3 is 0 Å². The lowest BCUT2D eigenvalue weighted by Gasteiger charge is -2.19. The lowest BCUT2D eigenvalue weighted by Crippen LogP contribution is -2.16. The van der Waals surface area contributed by atoms with Crippen molar-refractivity contribution in [3.63, 3.8) is 0 Å². The second-order valence-corrected chi connectivity index (χ2v) is 5.32. The van der Waals surface area contributed by atoms with Gasteiger partial charge in [-0.2, -0.15) is 5.10 Å². The van der Waals surface area contributed by atoms with Gasteiger partial charge in [-0.15, -0.1) is 0 Å². The van der Waals surface area contributed by atoms with Crippen LogP contribution in [0.3, 0.4) is 0 Å². The summed E-state index contributed by atoms with van der Waals surface area (Å²) in [6.45, 7) is 1.38. The maximum absolute atomic E-state index is 5.69. The highest BCUT2D eigenvalue weighted by atomic mass is 79.9. The van der Waals surface area contributed by atoms with Gasteiger partial charge in [0.15, 0.2) is 0 Å². The molecule has 0 aliphatic carbocycles. The van der Waals surface area contributed by atoms with Crippen molar-refractivity contribution in [2.45, 2.75) is 13.1 Å². The van der Waals surface area contributed by atoms with Crippen molar-refractivity contribution < 1.29 is 0 Å². The Hall–Kier alpha value is -1.33. The summed E-state index contributed by atoms with van der Waals surface area (Å²) in [5, 5.41) is 4.18. The fraction of sp³-hybridized carbons (Fsp3) is 0.308. The van der Waals surface area contributed by atoms with E-state index in [1.807, 2.05) is 30.2 Å². The minimum absolute atomic E-state index is 0.549. The third kappa shape index (κ3) is 3.11. The van der Waals surface area contributed by atoms with Crippen molar-refractivity contribution in [2.24, 2.45) is 12.8 Å². The Morgan fingerprint density at radius 2 is 2.11 bits per heavy atom. The molecule has 1 aromatic carbocycles. The molecule has 0 aliphatic rings. The van der Waals surface area contributed by atoms with Crippen molar-refractivity contribution in [3.8, 4) is 0 Å². The molecule has 2 rings (SSSR count). The number of benzene rings is 1. The van der Waals surface area contributed by atoms with E-state index in [-0.39, 0.29) is 0 Å². The van der Waals surface area contributed by atoms with E-state index in [2.05, 4.69) is 45.1 Å². The Kier molecular flexibility index (Phi) is 4.04. The summed E-state index contributed by atoms with van der Waals surface area (Å²) < 4.78 is 2.87. The fourth-order valence-electron chi connectivity index (χ4n) is 1.89. The van der Waals surface area contributed by atoms with E-state index in [0.29, 0.717) is 6.54 Å². The first-order valence-electron chi connectivity index (χ1n) is 5.76. The Labute approximate surface area is 116 Å². The lowest BCUT2D eigenvalue weighted by molar-refractivity contribution is 0.766. The van der Waals surface area contributed by atoms with Crippen LogP contribution in [0.15, 0.2) is 35.1 Å². The summed E-state index contributed by atoms with van der Waals surface area (Å²) in [7, 11) is 3.99. The van der Waals surface area contributed by atoms with E-state index < -0.39 is 0 Å². The number of hydrogen-bond acceptors (Lipinski definition) is 3. The normalized spacial score (nSPS) is 10.7. The molecule has 1 heterocycles. The topological polar surface area (TPSA) is 47.1 Å². The predicted molar refractivity (Wildman–Crippen MR) is 77.3 cm³/mol. The molecule has 0 amide bonds. The zero-order valence-corrected chi connectivity index (χ0v) is 12.2. The smallest absolute Gasteiger partial charge is 0.0539 e. The minimum Gasteiger partial charge on any atom is -0.370 e. The van der Waals surface area contributed by atoms with Gasteiger partial charge in [0.25, 0.3) is 0 Å². The van der Waals surface area contributed by atoms with E-state index in [1.54, 1.807) is 0 Å². The van der Waals surface area contributed by atoms with Crippen LogP contribution in [0.25, 0.3) is 0 Å². The highest BCUT2D eigenvalue weighted by molar-refractivity contribution is 9.10. The van der Waals surface area contributed by atoms with Gasteiger partial charge in [-0.1, -0.05) is 15.9 Å². The third-order valence-corrected chi connectivity index (χ3v) is 3.25. The predicted octanol–water partition coefficient (Wildman–Crippen LogP) is 2.28. The Balaban J connectivity index is 2.17. The van der Waals surface area contributed by atoms with Gasteiger partial charge in [0.05, 0.1) is 6.20 Å². The Morgan fingerprint density at radius 1 is 1.33 bits per heavy atom. The molecule has 1 aromatic heterocycles. The maximum atomic E-state index is 5.69. The highest BCUT2D eigenvalue weighted by Gasteiger charge is 2.06. The van der Waals surface area contributed by atoms with Crippen molar-refractivity contribution in [2.75, 3.05) is 11.9 Å². The summed E-state index contributed by atoms with van der Waals surface area (Å²) in [4.78, 5) is 2.18. The quantitative estimate of drug-likeness (QED) is 0.942. The number of rotatable bonds is 4. The third-order valence-electron chi connectivity index (χ3n) is 2.80. The summed E-state index contributed by atoms with van der Waals surface area (Å²) >= 11 is 3.51. The fourth-order valence-corrected chi connectivity index (χ4v) is 2.42. The molecular formula is C13H17BrN4. The second kappa shape index (κ2) is 5.54. The molecule has 2 aromatic rings. The van der Waals surface area contributed by atoms with E-state index in [0.717, 1.165) is 22.3 Å². The lowest BCUT2D eigenvalue weighted by atomic mass is 10.2. The van der Waals surface area contributed by atoms with Crippen LogP contribution in [0.4, 0.5) is 5.69 Å². The number of nitrogens with two attached hydrogens (primary N) is 1. The minimum atomic E-state index is 0.549. The van der Waals surface area contributed by atoms with E-state index in [1.165, 1.54) is 5.56 Å². The van der Waals surface area contributed by atoms with Crippen LogP contribution in [0.1, 0.15) is 11.1 Å². The van der Waals surface area contributed by atoms with Crippen molar-refractivity contribution in [1.82, 2.24) is 9.78 Å². The summed E-state index contributed by atoms with van der Waals surface area (Å²) in [6, 6.07) is 6.25. The van der Waals surface area contributed by atoms with E-state index in [4.69, 9.17) is 5.73 Å². The average molecular weight is 309 g/mol. The van der Waals surface area contributed by atoms with Crippen molar-refractivity contribution in [3.05, 3.63) is 46.2 Å². The molecule has 0 bridgehead atoms. The first-order chi connectivity index (χ1) is 8.58. The van der Waals surface area contributed by atoms with Gasteiger partial charge in [0.2, 0.25) is 0 Å². The van der Waals surface area contributed by atoms with Crippen LogP contribution in [0, 0.1) is 0 Å². The summed E-state index contributed by atoms with van der Waals surface area (Å²) in [6.07, 6.45) is 3.91. The number of aromatic nitrogens is 2. The largest absolute Gasteiger partial charge is 0.370 e.